The number of amides is 2. The van der Waals surface area contributed by atoms with Gasteiger partial charge in [0.15, 0.2) is 0 Å². The average molecular weight is 635 g/mol. The zero-order valence-electron chi connectivity index (χ0n) is 27.0. The van der Waals surface area contributed by atoms with Crippen molar-refractivity contribution >= 4 is 23.5 Å². The first-order chi connectivity index (χ1) is 22.9. The van der Waals surface area contributed by atoms with Gasteiger partial charge in [0.2, 0.25) is 11.8 Å². The Morgan fingerprint density at radius 2 is 1.57 bits per heavy atom. The molecule has 9 heteroatoms. The topological polar surface area (TPSA) is 108 Å². The van der Waals surface area contributed by atoms with E-state index < -0.39 is 0 Å². The highest BCUT2D eigenvalue weighted by molar-refractivity contribution is 5.79. The van der Waals surface area contributed by atoms with Crippen LogP contribution in [0, 0.1) is 12.7 Å². The van der Waals surface area contributed by atoms with Gasteiger partial charge in [-0.05, 0) is 90.6 Å². The number of fused-ring (bicyclic) bond motifs is 2. The largest absolute Gasteiger partial charge is 0.370 e. The van der Waals surface area contributed by atoms with E-state index in [2.05, 4.69) is 45.5 Å². The lowest BCUT2D eigenvalue weighted by Gasteiger charge is -2.28. The Hall–Kier alpha value is -4.79. The van der Waals surface area contributed by atoms with E-state index in [1.807, 2.05) is 24.3 Å². The van der Waals surface area contributed by atoms with Crippen LogP contribution >= 0.6 is 0 Å². The molecule has 0 fully saturated rings. The molecule has 2 aromatic heterocycles. The van der Waals surface area contributed by atoms with Crippen molar-refractivity contribution in [1.29, 1.82) is 0 Å². The number of hydrogen-bond acceptors (Lipinski definition) is 6. The van der Waals surface area contributed by atoms with Crippen LogP contribution in [0.4, 0.5) is 16.0 Å². The normalized spacial score (nSPS) is 15.1. The van der Waals surface area contributed by atoms with Crippen LogP contribution < -0.4 is 21.3 Å². The first-order valence-electron chi connectivity index (χ1n) is 16.8. The molecule has 1 atom stereocenters. The summed E-state index contributed by atoms with van der Waals surface area (Å²) in [7, 11) is 0. The minimum absolute atomic E-state index is 0.0000162. The Balaban J connectivity index is 0.985. The van der Waals surface area contributed by atoms with Crippen molar-refractivity contribution in [2.75, 3.05) is 30.3 Å². The predicted molar refractivity (Wildman–Crippen MR) is 183 cm³/mol. The van der Waals surface area contributed by atoms with Gasteiger partial charge in [0, 0.05) is 50.3 Å². The number of carbonyl (C=O) groups excluding carboxylic acids is 2. The molecule has 2 aliphatic rings. The van der Waals surface area contributed by atoms with Gasteiger partial charge in [0.25, 0.3) is 0 Å². The number of pyridine rings is 2. The number of hydrogen-bond donors (Lipinski definition) is 4. The summed E-state index contributed by atoms with van der Waals surface area (Å²) >= 11 is 0. The molecule has 8 nitrogen and oxygen atoms in total. The fourth-order valence-corrected chi connectivity index (χ4v) is 6.41. The maximum absolute atomic E-state index is 13.5. The SMILES string of the molecule is Cc1cc(CCC(=O)NCCc2ccc3c(n2)N[C@H](c2ccccc2CC(=O)NCCc2ccc4c(n2)NCCC4)CC3)ccc1F. The lowest BCUT2D eigenvalue weighted by atomic mass is 9.91. The number of aromatic nitrogens is 2. The number of carbonyl (C=O) groups is 2. The summed E-state index contributed by atoms with van der Waals surface area (Å²) in [4.78, 5) is 35.0. The molecule has 4 heterocycles. The average Bonchev–Trinajstić information content (AvgIpc) is 3.08. The van der Waals surface area contributed by atoms with Gasteiger partial charge in [-0.3, -0.25) is 9.59 Å². The summed E-state index contributed by atoms with van der Waals surface area (Å²) in [6.45, 7) is 3.73. The van der Waals surface area contributed by atoms with Crippen LogP contribution in [0.15, 0.2) is 66.7 Å². The minimum Gasteiger partial charge on any atom is -0.370 e. The monoisotopic (exact) mass is 634 g/mol. The van der Waals surface area contributed by atoms with Crippen molar-refractivity contribution in [2.45, 2.75) is 70.8 Å². The number of nitrogens with zero attached hydrogens (tertiary/aromatic N) is 2. The zero-order valence-corrected chi connectivity index (χ0v) is 27.0. The number of rotatable bonds is 12. The smallest absolute Gasteiger partial charge is 0.224 e. The molecule has 4 aromatic rings. The molecule has 0 spiro atoms. The quantitative estimate of drug-likeness (QED) is 0.162. The predicted octanol–water partition coefficient (Wildman–Crippen LogP) is 5.57. The van der Waals surface area contributed by atoms with Crippen molar-refractivity contribution < 1.29 is 14.0 Å². The Bertz CT molecular complexity index is 1740. The maximum atomic E-state index is 13.5. The van der Waals surface area contributed by atoms with Crippen LogP contribution in [-0.4, -0.2) is 41.4 Å². The second kappa shape index (κ2) is 15.2. The van der Waals surface area contributed by atoms with E-state index in [0.717, 1.165) is 71.9 Å². The summed E-state index contributed by atoms with van der Waals surface area (Å²) in [6, 6.07) is 21.5. The number of halogens is 1. The van der Waals surface area contributed by atoms with Gasteiger partial charge in [-0.2, -0.15) is 0 Å². The molecule has 244 valence electrons. The van der Waals surface area contributed by atoms with E-state index in [9.17, 15) is 14.0 Å². The van der Waals surface area contributed by atoms with E-state index in [4.69, 9.17) is 9.97 Å². The number of aryl methyl sites for hydroxylation is 4. The highest BCUT2D eigenvalue weighted by atomic mass is 19.1. The highest BCUT2D eigenvalue weighted by Crippen LogP contribution is 2.33. The molecule has 0 unspecified atom stereocenters. The third kappa shape index (κ3) is 8.52. The summed E-state index contributed by atoms with van der Waals surface area (Å²) in [5, 5.41) is 13.1. The summed E-state index contributed by atoms with van der Waals surface area (Å²) in [5.74, 6) is 1.58. The van der Waals surface area contributed by atoms with Crippen LogP contribution in [0.3, 0.4) is 0 Å². The summed E-state index contributed by atoms with van der Waals surface area (Å²) in [6.07, 6.45) is 6.55. The molecule has 0 bridgehead atoms. The van der Waals surface area contributed by atoms with Gasteiger partial charge < -0.3 is 21.3 Å². The van der Waals surface area contributed by atoms with Crippen molar-refractivity contribution in [3.63, 3.8) is 0 Å². The molecular weight excluding hydrogens is 591 g/mol. The zero-order chi connectivity index (χ0) is 32.6. The minimum atomic E-state index is -0.230. The molecule has 0 aliphatic carbocycles. The van der Waals surface area contributed by atoms with Crippen molar-refractivity contribution in [3.05, 3.63) is 117 Å². The first kappa shape index (κ1) is 32.2. The van der Waals surface area contributed by atoms with E-state index in [1.165, 1.54) is 17.2 Å². The van der Waals surface area contributed by atoms with Gasteiger partial charge in [-0.25, -0.2) is 14.4 Å². The van der Waals surface area contributed by atoms with Crippen molar-refractivity contribution in [1.82, 2.24) is 20.6 Å². The maximum Gasteiger partial charge on any atom is 0.224 e. The summed E-state index contributed by atoms with van der Waals surface area (Å²) in [5.41, 5.74) is 8.00. The number of nitrogens with one attached hydrogen (secondary N) is 4. The van der Waals surface area contributed by atoms with Gasteiger partial charge in [0.1, 0.15) is 17.5 Å². The van der Waals surface area contributed by atoms with Crippen LogP contribution in [0.1, 0.15) is 70.1 Å². The van der Waals surface area contributed by atoms with E-state index >= 15 is 0 Å². The van der Waals surface area contributed by atoms with E-state index in [1.54, 1.807) is 19.1 Å². The second-order valence-corrected chi connectivity index (χ2v) is 12.5. The molecule has 47 heavy (non-hydrogen) atoms. The Labute approximate surface area is 276 Å². The third-order valence-corrected chi connectivity index (χ3v) is 9.05. The molecule has 6 rings (SSSR count). The van der Waals surface area contributed by atoms with E-state index in [0.29, 0.717) is 50.8 Å². The molecule has 2 aromatic carbocycles. The molecule has 0 saturated carbocycles. The Morgan fingerprint density at radius 1 is 0.851 bits per heavy atom. The van der Waals surface area contributed by atoms with Gasteiger partial charge >= 0.3 is 0 Å². The van der Waals surface area contributed by atoms with E-state index in [-0.39, 0.29) is 23.7 Å². The van der Waals surface area contributed by atoms with Gasteiger partial charge in [-0.15, -0.1) is 0 Å². The fourth-order valence-electron chi connectivity index (χ4n) is 6.41. The highest BCUT2D eigenvalue weighted by Gasteiger charge is 2.23. The van der Waals surface area contributed by atoms with Gasteiger partial charge in [-0.1, -0.05) is 48.5 Å². The van der Waals surface area contributed by atoms with Crippen LogP contribution in [0.2, 0.25) is 0 Å². The third-order valence-electron chi connectivity index (χ3n) is 9.05. The summed E-state index contributed by atoms with van der Waals surface area (Å²) < 4.78 is 13.5. The van der Waals surface area contributed by atoms with Crippen molar-refractivity contribution in [2.24, 2.45) is 0 Å². The van der Waals surface area contributed by atoms with Gasteiger partial charge in [0.05, 0.1) is 12.5 Å². The molecule has 2 aliphatic heterocycles. The second-order valence-electron chi connectivity index (χ2n) is 12.5. The standard InChI is InChI=1S/C38H43FN6O2/c1-25-23-26(8-15-33(25)39)9-17-35(46)40-21-18-31-14-11-28-12-16-34(45-38(28)44-31)32-7-3-2-5-29(32)24-36(47)41-22-19-30-13-10-27-6-4-20-42-37(27)43-30/h2-3,5,7-8,10-11,13-15,23,34H,4,6,9,12,16-22,24H2,1H3,(H,40,46)(H,41,47)(H,42,43)(H,44,45)/t34-/m0/s1. The van der Waals surface area contributed by atoms with Crippen LogP contribution in [0.5, 0.6) is 0 Å². The molecular formula is C38H43FN6O2. The lowest BCUT2D eigenvalue weighted by Crippen LogP contribution is -2.29. The van der Waals surface area contributed by atoms with Crippen LogP contribution in [0.25, 0.3) is 0 Å². The Morgan fingerprint density at radius 3 is 2.36 bits per heavy atom. The van der Waals surface area contributed by atoms with Crippen molar-refractivity contribution in [3.8, 4) is 0 Å². The fraction of sp³-hybridized carbons (Fsp3) is 0.368. The Kier molecular flexibility index (Phi) is 10.4. The lowest BCUT2D eigenvalue weighted by molar-refractivity contribution is -0.121. The number of benzene rings is 2. The molecule has 4 N–H and O–H groups in total. The first-order valence-corrected chi connectivity index (χ1v) is 16.8. The molecule has 0 radical (unpaired) electrons. The molecule has 0 saturated heterocycles. The molecule has 2 amide bonds. The van der Waals surface area contributed by atoms with Crippen LogP contribution in [-0.2, 0) is 48.1 Å². The number of anilines is 2.